The summed E-state index contributed by atoms with van der Waals surface area (Å²) in [6.07, 6.45) is 4.32. The number of carboxylic acid groups (broad SMARTS) is 2. The Hall–Kier alpha value is -7.45. The number of cyclic esters (lactones) is 1. The maximum absolute atomic E-state index is 14.4. The van der Waals surface area contributed by atoms with E-state index >= 15 is 0 Å². The summed E-state index contributed by atoms with van der Waals surface area (Å²) in [4.78, 5) is 185. The predicted octanol–water partition coefficient (Wildman–Crippen LogP) is -0.983. The number of ether oxygens (including phenoxy) is 1. The van der Waals surface area contributed by atoms with Crippen LogP contribution >= 0.6 is 28.5 Å². The van der Waals surface area contributed by atoms with E-state index in [4.69, 9.17) is 25.5 Å². The van der Waals surface area contributed by atoms with Crippen molar-refractivity contribution < 1.29 is 87.2 Å². The van der Waals surface area contributed by atoms with Crippen LogP contribution in [0, 0.1) is 5.92 Å². The summed E-state index contributed by atoms with van der Waals surface area (Å²) in [7, 11) is 5.11. The lowest BCUT2D eigenvalue weighted by Gasteiger charge is -2.30. The first-order valence-corrected chi connectivity index (χ1v) is 32.0. The van der Waals surface area contributed by atoms with Crippen molar-refractivity contribution in [3.8, 4) is 5.75 Å². The maximum atomic E-state index is 14.4. The number of aliphatic carboxylic acids is 2. The van der Waals surface area contributed by atoms with Gasteiger partial charge in [0, 0.05) is 23.7 Å². The molecule has 0 bridgehead atoms. The number of nitrogens with one attached hydrogen (secondary N) is 9. The normalized spacial score (nSPS) is 22.2. The number of carbonyl (C=O) groups is 14. The van der Waals surface area contributed by atoms with E-state index in [9.17, 15) is 82.4 Å². The van der Waals surface area contributed by atoms with Crippen molar-refractivity contribution in [3.63, 3.8) is 0 Å². The van der Waals surface area contributed by atoms with Crippen LogP contribution in [-0.2, 0) is 78.3 Å². The summed E-state index contributed by atoms with van der Waals surface area (Å²) in [6, 6.07) is -7.31. The molecule has 0 aromatic heterocycles. The first-order valence-electron chi connectivity index (χ1n) is 27.6. The molecular weight excluding hydrogens is 1240 g/mol. The molecule has 1 aliphatic rings. The van der Waals surface area contributed by atoms with Crippen LogP contribution in [0.3, 0.4) is 0 Å². The van der Waals surface area contributed by atoms with E-state index in [1.165, 1.54) is 64.3 Å². The second kappa shape index (κ2) is 39.2. The SMILES string of the molecule is CC(C)C1NC(=O)C(Cc2ccc(O)cc2)NC(=O)CNC(=O)C(CC(=O)O)NC(=O)C(CC(N)=O)NC(=O)CNC(=O)C(CC(=O)O)NC(=O)C(CCC(N)=O)NC(=O)C(NC(=O)CCCCCCCCCCCCCI=S)C(C)OC1=O. The summed E-state index contributed by atoms with van der Waals surface area (Å²) >= 11 is -0.0863. The summed E-state index contributed by atoms with van der Waals surface area (Å²) in [6.45, 7) is 2.20. The Bertz CT molecular complexity index is 2490. The molecule has 16 N–H and O–H groups in total. The second-order valence-electron chi connectivity index (χ2n) is 20.5. The molecule has 0 radical (unpaired) electrons. The number of phenols is 1. The van der Waals surface area contributed by atoms with E-state index in [-0.39, 0.29) is 37.8 Å². The Balaban J connectivity index is 2.65. The number of rotatable bonds is 27. The van der Waals surface area contributed by atoms with Gasteiger partial charge in [0.1, 0.15) is 54.1 Å². The van der Waals surface area contributed by atoms with Crippen molar-refractivity contribution >= 4 is 111 Å². The number of hydrogen-bond acceptors (Lipinski definition) is 17. The number of aromatic hydroxyl groups is 1. The van der Waals surface area contributed by atoms with Gasteiger partial charge in [-0.05, 0) is 78.3 Å². The maximum Gasteiger partial charge on any atom is 0.329 e. The Morgan fingerprint density at radius 3 is 1.52 bits per heavy atom. The average molecular weight is 1320 g/mol. The number of esters is 1. The summed E-state index contributed by atoms with van der Waals surface area (Å²) in [5, 5.41) is 49.5. The van der Waals surface area contributed by atoms with Crippen LogP contribution in [0.4, 0.5) is 0 Å². The van der Waals surface area contributed by atoms with Crippen LogP contribution in [0.25, 0.3) is 0 Å². The van der Waals surface area contributed by atoms with E-state index in [2.05, 4.69) is 42.5 Å². The molecule has 8 atom stereocenters. The third kappa shape index (κ3) is 29.7. The highest BCUT2D eigenvalue weighted by Crippen LogP contribution is 2.16. The van der Waals surface area contributed by atoms with Gasteiger partial charge in [-0.3, -0.25) is 62.3 Å². The Labute approximate surface area is 499 Å². The molecule has 84 heavy (non-hydrogen) atoms. The molecule has 0 saturated carbocycles. The molecule has 0 aliphatic carbocycles. The van der Waals surface area contributed by atoms with Gasteiger partial charge in [0.05, 0.1) is 32.4 Å². The average Bonchev–Trinajstić information content (AvgIpc) is 3.62. The van der Waals surface area contributed by atoms with Crippen LogP contribution in [0.5, 0.6) is 5.75 Å². The molecule has 29 nitrogen and oxygen atoms in total. The van der Waals surface area contributed by atoms with E-state index in [0.717, 1.165) is 43.0 Å². The number of unbranched alkanes of at least 4 members (excludes halogenated alkanes) is 10. The van der Waals surface area contributed by atoms with Gasteiger partial charge in [-0.2, -0.15) is 0 Å². The van der Waals surface area contributed by atoms with Crippen LogP contribution in [-0.4, -0.2) is 164 Å². The van der Waals surface area contributed by atoms with E-state index in [1.807, 2.05) is 5.32 Å². The molecule has 1 aromatic carbocycles. The molecular formula is C53H80IN11O18S. The highest BCUT2D eigenvalue weighted by atomic mass is 127. The van der Waals surface area contributed by atoms with Crippen LogP contribution in [0.15, 0.2) is 24.3 Å². The lowest BCUT2D eigenvalue weighted by molar-refractivity contribution is -0.157. The zero-order valence-corrected chi connectivity index (χ0v) is 50.2. The molecule has 2 rings (SSSR count). The number of halogens is 1. The number of phenolic OH excluding ortho intramolecular Hbond substituents is 1. The van der Waals surface area contributed by atoms with Gasteiger partial charge in [0.15, 0.2) is 0 Å². The van der Waals surface area contributed by atoms with Crippen LogP contribution < -0.4 is 59.3 Å². The summed E-state index contributed by atoms with van der Waals surface area (Å²) in [5.74, 6) is -18.0. The van der Waals surface area contributed by atoms with Crippen molar-refractivity contribution in [3.05, 3.63) is 29.8 Å². The van der Waals surface area contributed by atoms with Gasteiger partial charge in [0.2, 0.25) is 65.0 Å². The number of carboxylic acids is 2. The standard InChI is InChI=1S/C53H80IN11O18S/c1-29(2)45-53(82)83-30(3)46(64-40(69)15-13-11-9-7-5-4-6-8-10-12-14-22-54-84)52(81)61-33(20-21-38(55)67)49(78)62-36(25-43(72)73)47(76)58-28-42(71)60-35(24-39(56)68)50(79)63-37(26-44(74)75)48(77)57-27-41(70)59-34(51(80)65-45)23-31-16-18-32(66)19-17-31/h16-19,29-30,33-37,45-46,66H,4-15,20-28H2,1-3H3,(H2,55,67)(H2,56,68)(H,57,77)(H,58,76)(H,59,70)(H,60,71)(H,61,81)(H,62,78)(H,63,79)(H,64,69)(H,65,80)(H,72,73)(H,74,75). The van der Waals surface area contributed by atoms with E-state index in [1.54, 1.807) is 0 Å². The number of amides is 11. The van der Waals surface area contributed by atoms with Crippen LogP contribution in [0.1, 0.15) is 135 Å². The summed E-state index contributed by atoms with van der Waals surface area (Å²) < 4.78 is 6.92. The van der Waals surface area contributed by atoms with E-state index < -0.39 is 182 Å². The molecule has 1 heterocycles. The van der Waals surface area contributed by atoms with Crippen molar-refractivity contribution in [2.24, 2.45) is 17.4 Å². The lowest BCUT2D eigenvalue weighted by Crippen LogP contribution is -2.60. The first-order chi connectivity index (χ1) is 39.7. The fourth-order valence-electron chi connectivity index (χ4n) is 8.43. The number of nitrogens with two attached hydrogens (primary N) is 2. The molecule has 1 aromatic rings. The number of hydrogen-bond donors (Lipinski definition) is 14. The quantitative estimate of drug-likeness (QED) is 0.0218. The van der Waals surface area contributed by atoms with Gasteiger partial charge in [-0.15, -0.1) is 0 Å². The third-order valence-electron chi connectivity index (χ3n) is 13.0. The largest absolute Gasteiger partial charge is 0.508 e. The zero-order chi connectivity index (χ0) is 62.9. The Morgan fingerprint density at radius 2 is 1.05 bits per heavy atom. The molecule has 1 saturated heterocycles. The lowest BCUT2D eigenvalue weighted by atomic mass is 10.0. The van der Waals surface area contributed by atoms with Crippen molar-refractivity contribution in [2.75, 3.05) is 17.5 Å². The number of primary amides is 2. The highest BCUT2D eigenvalue weighted by Gasteiger charge is 2.38. The Kier molecular flexibility index (Phi) is 33.9. The van der Waals surface area contributed by atoms with Crippen molar-refractivity contribution in [1.29, 1.82) is 0 Å². The predicted molar refractivity (Wildman–Crippen MR) is 310 cm³/mol. The van der Waals surface area contributed by atoms with Gasteiger partial charge in [-0.1, -0.05) is 83.8 Å². The fraction of sp³-hybridized carbons (Fsp3) is 0.623. The molecule has 468 valence electrons. The van der Waals surface area contributed by atoms with Crippen molar-refractivity contribution in [2.45, 2.75) is 185 Å². The van der Waals surface area contributed by atoms with Crippen LogP contribution in [0.2, 0.25) is 0 Å². The molecule has 8 unspecified atom stereocenters. The van der Waals surface area contributed by atoms with Crippen molar-refractivity contribution in [1.82, 2.24) is 47.9 Å². The summed E-state index contributed by atoms with van der Waals surface area (Å²) in [5.41, 5.74) is 11.0. The first kappa shape index (κ1) is 72.7. The fourth-order valence-corrected chi connectivity index (χ4v) is 10.0. The third-order valence-corrected chi connectivity index (χ3v) is 15.2. The smallest absolute Gasteiger partial charge is 0.329 e. The van der Waals surface area contributed by atoms with E-state index in [0.29, 0.717) is 18.4 Å². The minimum Gasteiger partial charge on any atom is -0.508 e. The van der Waals surface area contributed by atoms with Gasteiger partial charge < -0.3 is 79.4 Å². The minimum atomic E-state index is -2.03. The minimum absolute atomic E-state index is 0.0863. The molecule has 1 aliphatic heterocycles. The highest BCUT2D eigenvalue weighted by molar-refractivity contribution is 14.2. The monoisotopic (exact) mass is 1320 g/mol. The topological polar surface area (TPSA) is 469 Å². The van der Waals surface area contributed by atoms with Gasteiger partial charge >= 0.3 is 17.9 Å². The Morgan fingerprint density at radius 1 is 0.595 bits per heavy atom. The number of alkyl halides is 1. The second-order valence-corrected chi connectivity index (χ2v) is 23.6. The number of carbonyl (C=O) groups excluding carboxylic acids is 12. The number of benzene rings is 1. The zero-order valence-electron chi connectivity index (χ0n) is 47.3. The van der Waals surface area contributed by atoms with Gasteiger partial charge in [-0.25, -0.2) is 4.79 Å². The molecule has 0 spiro atoms. The molecule has 31 heteroatoms. The molecule has 11 amide bonds. The molecule has 1 fully saturated rings. The van der Waals surface area contributed by atoms with Gasteiger partial charge in [0.25, 0.3) is 0 Å².